The van der Waals surface area contributed by atoms with Crippen LogP contribution in [-0.2, 0) is 9.53 Å². The van der Waals surface area contributed by atoms with Crippen LogP contribution in [0.3, 0.4) is 0 Å². The van der Waals surface area contributed by atoms with Crippen LogP contribution in [0.2, 0.25) is 0 Å². The third-order valence-electron chi connectivity index (χ3n) is 4.19. The molecule has 1 N–H and O–H groups in total. The van der Waals surface area contributed by atoms with E-state index in [1.54, 1.807) is 17.9 Å². The average molecular weight is 269 g/mol. The number of carbonyl (C=O) groups is 1. The van der Waals surface area contributed by atoms with Gasteiger partial charge in [-0.2, -0.15) is 0 Å². The molecular formula is C15H27NO3. The van der Waals surface area contributed by atoms with Crippen molar-refractivity contribution in [1.29, 1.82) is 0 Å². The summed E-state index contributed by atoms with van der Waals surface area (Å²) in [6.07, 6.45) is 1.05. The minimum absolute atomic E-state index is 0.000269. The molecule has 0 unspecified atom stereocenters. The molecule has 1 rings (SSSR count). The van der Waals surface area contributed by atoms with Crippen LogP contribution in [0.25, 0.3) is 0 Å². The van der Waals surface area contributed by atoms with E-state index in [1.165, 1.54) is 0 Å². The lowest BCUT2D eigenvalue weighted by Crippen LogP contribution is -2.47. The van der Waals surface area contributed by atoms with Crippen molar-refractivity contribution >= 4 is 5.91 Å². The van der Waals surface area contributed by atoms with Crippen molar-refractivity contribution in [2.45, 2.75) is 65.5 Å². The van der Waals surface area contributed by atoms with Gasteiger partial charge in [0.05, 0.1) is 18.2 Å². The number of nitrogens with zero attached hydrogens (tertiary/aromatic N) is 1. The molecule has 0 spiro atoms. The smallest absolute Gasteiger partial charge is 0.222 e. The molecule has 0 aromatic carbocycles. The van der Waals surface area contributed by atoms with E-state index in [0.717, 1.165) is 0 Å². The summed E-state index contributed by atoms with van der Waals surface area (Å²) in [6.45, 7) is 14.9. The zero-order valence-electron chi connectivity index (χ0n) is 12.9. The van der Waals surface area contributed by atoms with Crippen molar-refractivity contribution in [3.05, 3.63) is 12.7 Å². The van der Waals surface area contributed by atoms with Crippen molar-refractivity contribution in [1.82, 2.24) is 4.90 Å². The van der Waals surface area contributed by atoms with Gasteiger partial charge in [0.15, 0.2) is 0 Å². The maximum atomic E-state index is 11.8. The Bertz CT molecular complexity index is 353. The predicted molar refractivity (Wildman–Crippen MR) is 75.5 cm³/mol. The highest BCUT2D eigenvalue weighted by molar-refractivity contribution is 5.74. The van der Waals surface area contributed by atoms with Gasteiger partial charge in [0.25, 0.3) is 0 Å². The highest BCUT2D eigenvalue weighted by atomic mass is 16.5. The number of ether oxygens (including phenoxy) is 1. The van der Waals surface area contributed by atoms with Gasteiger partial charge in [-0.1, -0.05) is 19.9 Å². The molecule has 19 heavy (non-hydrogen) atoms. The highest BCUT2D eigenvalue weighted by Gasteiger charge is 2.49. The first-order chi connectivity index (χ1) is 8.63. The number of aliphatic hydroxyl groups is 1. The molecule has 0 aliphatic carbocycles. The summed E-state index contributed by atoms with van der Waals surface area (Å²) in [5.74, 6) is -0.0645. The molecule has 1 aliphatic rings. The summed E-state index contributed by atoms with van der Waals surface area (Å²) in [5.41, 5.74) is -0.624. The second-order valence-electron chi connectivity index (χ2n) is 6.10. The maximum absolute atomic E-state index is 11.8. The van der Waals surface area contributed by atoms with Crippen molar-refractivity contribution < 1.29 is 14.6 Å². The number of aliphatic hydroxyl groups excluding tert-OH is 1. The Morgan fingerprint density at radius 1 is 1.47 bits per heavy atom. The van der Waals surface area contributed by atoms with Gasteiger partial charge in [-0.3, -0.25) is 4.79 Å². The van der Waals surface area contributed by atoms with Gasteiger partial charge in [-0.05, 0) is 20.8 Å². The normalized spacial score (nSPS) is 30.8. The van der Waals surface area contributed by atoms with E-state index in [1.807, 2.05) is 34.6 Å². The van der Waals surface area contributed by atoms with E-state index in [0.29, 0.717) is 0 Å². The molecule has 0 aromatic heterocycles. The van der Waals surface area contributed by atoms with Crippen LogP contribution in [-0.4, -0.2) is 39.9 Å². The molecule has 1 amide bonds. The van der Waals surface area contributed by atoms with Crippen LogP contribution in [0.15, 0.2) is 12.7 Å². The van der Waals surface area contributed by atoms with E-state index in [4.69, 9.17) is 4.74 Å². The Balaban J connectivity index is 2.92. The number of hydrogen-bond donors (Lipinski definition) is 1. The van der Waals surface area contributed by atoms with Gasteiger partial charge in [0.1, 0.15) is 5.72 Å². The maximum Gasteiger partial charge on any atom is 0.222 e. The summed E-state index contributed by atoms with van der Waals surface area (Å²) in [5, 5.41) is 10.3. The van der Waals surface area contributed by atoms with E-state index >= 15 is 0 Å². The standard InChI is InChI=1S/C15H27NO3/c1-8-9(2)13(18)10(3)14-11(4)16(12(5)17)15(6,7)19-14/h8-11,13-14,18H,1H2,2-7H3/t9-,10+,11+,13-,14+/m0/s1. The van der Waals surface area contributed by atoms with Gasteiger partial charge in [0.2, 0.25) is 5.91 Å². The van der Waals surface area contributed by atoms with Gasteiger partial charge < -0.3 is 14.7 Å². The molecule has 110 valence electrons. The van der Waals surface area contributed by atoms with E-state index in [-0.39, 0.29) is 29.9 Å². The lowest BCUT2D eigenvalue weighted by molar-refractivity contribution is -0.146. The predicted octanol–water partition coefficient (Wildman–Crippen LogP) is 2.18. The molecule has 0 radical (unpaired) electrons. The van der Waals surface area contributed by atoms with Crippen LogP contribution in [0.5, 0.6) is 0 Å². The number of rotatable bonds is 4. The molecule has 4 heteroatoms. The summed E-state index contributed by atoms with van der Waals surface area (Å²) in [7, 11) is 0. The first kappa shape index (κ1) is 16.2. The summed E-state index contributed by atoms with van der Waals surface area (Å²) >= 11 is 0. The Hall–Kier alpha value is -0.870. The largest absolute Gasteiger partial charge is 0.392 e. The minimum Gasteiger partial charge on any atom is -0.392 e. The highest BCUT2D eigenvalue weighted by Crippen LogP contribution is 2.37. The van der Waals surface area contributed by atoms with Crippen molar-refractivity contribution in [2.24, 2.45) is 11.8 Å². The molecule has 0 aromatic rings. The molecule has 4 nitrogen and oxygen atoms in total. The Labute approximate surface area is 116 Å². The zero-order chi connectivity index (χ0) is 15.0. The molecule has 1 fully saturated rings. The van der Waals surface area contributed by atoms with Crippen LogP contribution in [0.4, 0.5) is 0 Å². The minimum atomic E-state index is -0.624. The molecule has 1 heterocycles. The summed E-state index contributed by atoms with van der Waals surface area (Å²) in [6, 6.07) is -0.0471. The lowest BCUT2D eigenvalue weighted by Gasteiger charge is -2.31. The van der Waals surface area contributed by atoms with Crippen LogP contribution < -0.4 is 0 Å². The van der Waals surface area contributed by atoms with Crippen molar-refractivity contribution in [3.8, 4) is 0 Å². The SMILES string of the molecule is C=C[C@H](C)[C@H](O)[C@@H](C)[C@H]1OC(C)(C)N(C(C)=O)[C@@H]1C. The molecule has 0 saturated carbocycles. The van der Waals surface area contributed by atoms with E-state index in [9.17, 15) is 9.90 Å². The Morgan fingerprint density at radius 3 is 2.37 bits per heavy atom. The average Bonchev–Trinajstić information content (AvgIpc) is 2.56. The van der Waals surface area contributed by atoms with E-state index < -0.39 is 11.8 Å². The number of amides is 1. The fourth-order valence-corrected chi connectivity index (χ4v) is 3.15. The second kappa shape index (κ2) is 5.63. The molecule has 0 bridgehead atoms. The van der Waals surface area contributed by atoms with Gasteiger partial charge in [0, 0.05) is 18.8 Å². The van der Waals surface area contributed by atoms with Crippen LogP contribution >= 0.6 is 0 Å². The number of hydrogen-bond acceptors (Lipinski definition) is 3. The topological polar surface area (TPSA) is 49.8 Å². The summed E-state index contributed by atoms with van der Waals surface area (Å²) in [4.78, 5) is 13.5. The molecule has 1 saturated heterocycles. The first-order valence-electron chi connectivity index (χ1n) is 6.91. The lowest BCUT2D eigenvalue weighted by atomic mass is 9.87. The third kappa shape index (κ3) is 3.00. The molecular weight excluding hydrogens is 242 g/mol. The van der Waals surface area contributed by atoms with Crippen LogP contribution in [0, 0.1) is 11.8 Å². The van der Waals surface area contributed by atoms with Crippen molar-refractivity contribution in [3.63, 3.8) is 0 Å². The number of carbonyl (C=O) groups excluding carboxylic acids is 1. The van der Waals surface area contributed by atoms with Gasteiger partial charge >= 0.3 is 0 Å². The van der Waals surface area contributed by atoms with Crippen LogP contribution in [0.1, 0.15) is 41.5 Å². The third-order valence-corrected chi connectivity index (χ3v) is 4.19. The second-order valence-corrected chi connectivity index (χ2v) is 6.10. The first-order valence-corrected chi connectivity index (χ1v) is 6.91. The Kier molecular flexibility index (Phi) is 4.80. The van der Waals surface area contributed by atoms with E-state index in [2.05, 4.69) is 6.58 Å². The van der Waals surface area contributed by atoms with Crippen molar-refractivity contribution in [2.75, 3.05) is 0 Å². The molecule has 5 atom stereocenters. The quantitative estimate of drug-likeness (QED) is 0.796. The fraction of sp³-hybridized carbons (Fsp3) is 0.800. The Morgan fingerprint density at radius 2 is 2.00 bits per heavy atom. The zero-order valence-corrected chi connectivity index (χ0v) is 12.9. The molecule has 1 aliphatic heterocycles. The fourth-order valence-electron chi connectivity index (χ4n) is 3.15. The monoisotopic (exact) mass is 269 g/mol. The van der Waals surface area contributed by atoms with Gasteiger partial charge in [-0.15, -0.1) is 6.58 Å². The summed E-state index contributed by atoms with van der Waals surface area (Å²) < 4.78 is 6.02. The van der Waals surface area contributed by atoms with Gasteiger partial charge in [-0.25, -0.2) is 0 Å².